The lowest BCUT2D eigenvalue weighted by atomic mass is 9.87. The number of halogens is 1. The molecule has 3 aromatic rings. The van der Waals surface area contributed by atoms with E-state index in [1.54, 1.807) is 0 Å². The van der Waals surface area contributed by atoms with Gasteiger partial charge in [0, 0.05) is 25.3 Å². The van der Waals surface area contributed by atoms with E-state index in [4.69, 9.17) is 4.36 Å². The largest absolute Gasteiger partial charge is 0.272 e. The Morgan fingerprint density at radius 1 is 0.906 bits per heavy atom. The third-order valence-corrected chi connectivity index (χ3v) is 8.28. The molecule has 0 heterocycles. The molecular weight excluding hydrogens is 525 g/mol. The van der Waals surface area contributed by atoms with Crippen molar-refractivity contribution in [3.63, 3.8) is 0 Å². The van der Waals surface area contributed by atoms with Gasteiger partial charge < -0.3 is 0 Å². The van der Waals surface area contributed by atoms with Crippen LogP contribution in [0.5, 0.6) is 0 Å². The van der Waals surface area contributed by atoms with Crippen LogP contribution in [0.25, 0.3) is 11.1 Å². The Hall–Kier alpha value is -1.79. The molecular formula is C28H32INOS. The second-order valence-corrected chi connectivity index (χ2v) is 12.0. The molecule has 3 aromatic carbocycles. The number of amides is 1. The summed E-state index contributed by atoms with van der Waals surface area (Å²) in [5.74, 6) is -0.0253. The van der Waals surface area contributed by atoms with Crippen LogP contribution >= 0.6 is 22.6 Å². The summed E-state index contributed by atoms with van der Waals surface area (Å²) in [6, 6.07) is 21.5. The van der Waals surface area contributed by atoms with Crippen molar-refractivity contribution in [3.8, 4) is 11.1 Å². The zero-order valence-electron chi connectivity index (χ0n) is 19.8. The van der Waals surface area contributed by atoms with Crippen molar-refractivity contribution in [1.29, 1.82) is 0 Å². The van der Waals surface area contributed by atoms with Gasteiger partial charge in [0.1, 0.15) is 0 Å². The van der Waals surface area contributed by atoms with E-state index in [9.17, 15) is 4.79 Å². The first-order valence-corrected chi connectivity index (χ1v) is 13.3. The average Bonchev–Trinajstić information content (AvgIpc) is 2.73. The molecule has 4 heteroatoms. The van der Waals surface area contributed by atoms with Crippen LogP contribution in [0.2, 0.25) is 0 Å². The fraction of sp³-hybridized carbons (Fsp3) is 0.321. The van der Waals surface area contributed by atoms with E-state index in [2.05, 4.69) is 118 Å². The van der Waals surface area contributed by atoms with Crippen LogP contribution in [-0.4, -0.2) is 5.91 Å². The van der Waals surface area contributed by atoms with Crippen LogP contribution in [-0.2, 0) is 20.9 Å². The molecule has 0 radical (unpaired) electrons. The van der Waals surface area contributed by atoms with E-state index in [0.29, 0.717) is 6.42 Å². The van der Waals surface area contributed by atoms with Crippen molar-refractivity contribution >= 4 is 39.2 Å². The van der Waals surface area contributed by atoms with Crippen LogP contribution in [0.4, 0.5) is 0 Å². The maximum atomic E-state index is 12.7. The zero-order chi connectivity index (χ0) is 23.5. The summed E-state index contributed by atoms with van der Waals surface area (Å²) in [6.45, 7) is 13.0. The average molecular weight is 558 g/mol. The van der Waals surface area contributed by atoms with Crippen molar-refractivity contribution in [2.45, 2.75) is 69.6 Å². The van der Waals surface area contributed by atoms with Crippen molar-refractivity contribution in [3.05, 3.63) is 80.9 Å². The van der Waals surface area contributed by atoms with Gasteiger partial charge in [-0.05, 0) is 105 Å². The molecule has 0 N–H and O–H groups in total. The highest BCUT2D eigenvalue weighted by molar-refractivity contribution is 14.1. The molecule has 0 aliphatic carbocycles. The monoisotopic (exact) mass is 557 g/mol. The normalized spacial score (nSPS) is 12.7. The number of rotatable bonds is 5. The molecule has 168 valence electrons. The molecule has 3 rings (SSSR count). The van der Waals surface area contributed by atoms with E-state index >= 15 is 0 Å². The van der Waals surface area contributed by atoms with Crippen LogP contribution in [0.3, 0.4) is 0 Å². The molecule has 0 aliphatic rings. The van der Waals surface area contributed by atoms with Crippen molar-refractivity contribution in [1.82, 2.24) is 0 Å². The van der Waals surface area contributed by atoms with E-state index in [1.807, 2.05) is 6.92 Å². The molecule has 0 saturated carbocycles. The molecule has 0 bridgehead atoms. The van der Waals surface area contributed by atoms with Gasteiger partial charge in [0.2, 0.25) is 0 Å². The highest BCUT2D eigenvalue weighted by atomic mass is 127. The Labute approximate surface area is 209 Å². The molecule has 0 aromatic heterocycles. The van der Waals surface area contributed by atoms with E-state index in [1.165, 1.54) is 31.4 Å². The maximum absolute atomic E-state index is 12.7. The van der Waals surface area contributed by atoms with Gasteiger partial charge in [0.25, 0.3) is 5.91 Å². The van der Waals surface area contributed by atoms with E-state index in [0.717, 1.165) is 16.2 Å². The quantitative estimate of drug-likeness (QED) is 0.290. The summed E-state index contributed by atoms with van der Waals surface area (Å²) in [5.41, 5.74) is 6.24. The fourth-order valence-electron chi connectivity index (χ4n) is 3.74. The van der Waals surface area contributed by atoms with Gasteiger partial charge in [0.05, 0.1) is 0 Å². The minimum Gasteiger partial charge on any atom is -0.272 e. The Morgan fingerprint density at radius 2 is 1.50 bits per heavy atom. The lowest BCUT2D eigenvalue weighted by Crippen LogP contribution is -2.11. The molecule has 1 unspecified atom stereocenters. The first kappa shape index (κ1) is 24.8. The van der Waals surface area contributed by atoms with Crippen LogP contribution in [0, 0.1) is 17.4 Å². The number of hydrogen-bond acceptors (Lipinski definition) is 1. The summed E-state index contributed by atoms with van der Waals surface area (Å²) < 4.78 is 5.98. The van der Waals surface area contributed by atoms with Gasteiger partial charge in [-0.2, -0.15) is 4.36 Å². The summed E-state index contributed by atoms with van der Waals surface area (Å²) in [7, 11) is -0.685. The second-order valence-electron chi connectivity index (χ2n) is 9.17. The first-order chi connectivity index (χ1) is 15.1. The van der Waals surface area contributed by atoms with Crippen LogP contribution in [0.1, 0.15) is 57.2 Å². The summed E-state index contributed by atoms with van der Waals surface area (Å²) >= 11 is 2.42. The number of benzene rings is 3. The van der Waals surface area contributed by atoms with Crippen LogP contribution in [0.15, 0.2) is 74.8 Å². The molecule has 0 spiro atoms. The van der Waals surface area contributed by atoms with Gasteiger partial charge in [-0.15, -0.1) is 0 Å². The third kappa shape index (κ3) is 5.57. The van der Waals surface area contributed by atoms with Crippen LogP contribution < -0.4 is 0 Å². The highest BCUT2D eigenvalue weighted by Gasteiger charge is 2.20. The van der Waals surface area contributed by atoms with E-state index < -0.39 is 10.7 Å². The summed E-state index contributed by atoms with van der Waals surface area (Å²) in [6.07, 6.45) is 1.28. The lowest BCUT2D eigenvalue weighted by molar-refractivity contribution is -0.117. The Balaban J connectivity index is 2.28. The third-order valence-electron chi connectivity index (χ3n) is 5.52. The number of nitrogens with zero attached hydrogens (tertiary/aromatic N) is 1. The predicted molar refractivity (Wildman–Crippen MR) is 145 cm³/mol. The second kappa shape index (κ2) is 10.4. The highest BCUT2D eigenvalue weighted by Crippen LogP contribution is 2.38. The molecule has 1 atom stereocenters. The standard InChI is InChI=1S/C28H32INOS/c1-7-10-25(31)30-32(22-17-15-21(16-18-22)28(4,5)6)24-14-9-12-20(3)27(24)26-19(2)11-8-13-23(26)29/h8-9,11-18H,7,10H2,1-6H3. The van der Waals surface area contributed by atoms with Gasteiger partial charge >= 0.3 is 0 Å². The van der Waals surface area contributed by atoms with Crippen molar-refractivity contribution in [2.24, 2.45) is 4.36 Å². The SMILES string of the molecule is CCCC(=O)/N=S(\c1ccc(C(C)(C)C)cc1)c1cccc(C)c1-c1c(C)cccc1I. The zero-order valence-corrected chi connectivity index (χ0v) is 22.8. The van der Waals surface area contributed by atoms with Gasteiger partial charge in [0.15, 0.2) is 0 Å². The van der Waals surface area contributed by atoms with Gasteiger partial charge in [-0.25, -0.2) is 0 Å². The Bertz CT molecular complexity index is 1140. The van der Waals surface area contributed by atoms with E-state index in [-0.39, 0.29) is 11.3 Å². The fourth-order valence-corrected chi connectivity index (χ4v) is 6.46. The number of aryl methyl sites for hydroxylation is 2. The van der Waals surface area contributed by atoms with Gasteiger partial charge in [-0.1, -0.05) is 64.1 Å². The topological polar surface area (TPSA) is 29.4 Å². The predicted octanol–water partition coefficient (Wildman–Crippen LogP) is 8.42. The number of carbonyl (C=O) groups excluding carboxylic acids is 1. The summed E-state index contributed by atoms with van der Waals surface area (Å²) in [5, 5.41) is 0. The number of hydrogen-bond donors (Lipinski definition) is 0. The van der Waals surface area contributed by atoms with Gasteiger partial charge in [-0.3, -0.25) is 4.79 Å². The smallest absolute Gasteiger partial charge is 0.252 e. The van der Waals surface area contributed by atoms with Crippen molar-refractivity contribution < 1.29 is 4.79 Å². The maximum Gasteiger partial charge on any atom is 0.252 e. The molecule has 32 heavy (non-hydrogen) atoms. The van der Waals surface area contributed by atoms with Crippen molar-refractivity contribution in [2.75, 3.05) is 0 Å². The molecule has 0 saturated heterocycles. The Kier molecular flexibility index (Phi) is 8.10. The molecule has 0 aliphatic heterocycles. The molecule has 0 fully saturated rings. The minimum atomic E-state index is -0.685. The number of carbonyl (C=O) groups is 1. The Morgan fingerprint density at radius 3 is 2.06 bits per heavy atom. The summed E-state index contributed by atoms with van der Waals surface area (Å²) in [4.78, 5) is 14.9. The molecule has 2 nitrogen and oxygen atoms in total. The lowest BCUT2D eigenvalue weighted by Gasteiger charge is -2.21. The minimum absolute atomic E-state index is 0.0253. The first-order valence-electron chi connectivity index (χ1n) is 11.1. The molecule has 1 amide bonds.